The fraction of sp³-hybridized carbons (Fsp3) is 0.442. The number of likely N-dealkylation sites (tertiary alicyclic amines) is 1. The molecule has 3 aromatic carbocycles. The minimum Gasteiger partial charge on any atom is -0.497 e. The fourth-order valence-corrected chi connectivity index (χ4v) is 7.02. The molecule has 2 aliphatic heterocycles. The smallest absolute Gasteiger partial charge is 0.278 e. The van der Waals surface area contributed by atoms with Gasteiger partial charge in [-0.25, -0.2) is 4.68 Å². The largest absolute Gasteiger partial charge is 0.497 e. The van der Waals surface area contributed by atoms with Crippen LogP contribution in [0.15, 0.2) is 54.6 Å². The van der Waals surface area contributed by atoms with Crippen molar-refractivity contribution in [3.8, 4) is 22.9 Å². The first-order valence-electron chi connectivity index (χ1n) is 19.8. The van der Waals surface area contributed by atoms with Crippen molar-refractivity contribution in [1.82, 2.24) is 24.8 Å². The monoisotopic (exact) mass is 827 g/mol. The number of hydrogen-bond acceptors (Lipinski definition) is 13. The molecule has 1 unspecified atom stereocenters. The van der Waals surface area contributed by atoms with Crippen molar-refractivity contribution >= 4 is 35.0 Å². The Bertz CT molecular complexity index is 2200. The van der Waals surface area contributed by atoms with Crippen LogP contribution in [0.3, 0.4) is 0 Å². The fourth-order valence-electron chi connectivity index (χ4n) is 7.02. The highest BCUT2D eigenvalue weighted by Crippen LogP contribution is 2.34. The average molecular weight is 828 g/mol. The molecule has 1 saturated heterocycles. The van der Waals surface area contributed by atoms with Gasteiger partial charge in [-0.3, -0.25) is 24.1 Å². The first-order valence-corrected chi connectivity index (χ1v) is 19.8. The average Bonchev–Trinajstić information content (AvgIpc) is 3.78. The van der Waals surface area contributed by atoms with E-state index in [2.05, 4.69) is 36.4 Å². The molecule has 0 spiro atoms. The van der Waals surface area contributed by atoms with Gasteiger partial charge in [0.1, 0.15) is 35.6 Å². The Morgan fingerprint density at radius 1 is 0.883 bits per heavy atom. The number of nitrogens with two attached hydrogens (primary N) is 1. The van der Waals surface area contributed by atoms with Crippen LogP contribution in [0.1, 0.15) is 71.3 Å². The summed E-state index contributed by atoms with van der Waals surface area (Å²) in [6, 6.07) is 15.4. The van der Waals surface area contributed by atoms with Crippen molar-refractivity contribution in [2.45, 2.75) is 58.5 Å². The highest BCUT2D eigenvalue weighted by atomic mass is 16.6. The summed E-state index contributed by atoms with van der Waals surface area (Å²) in [5, 5.41) is 11.4. The highest BCUT2D eigenvalue weighted by molar-refractivity contribution is 6.06. The number of imide groups is 1. The van der Waals surface area contributed by atoms with Crippen LogP contribution in [-0.4, -0.2) is 121 Å². The third-order valence-corrected chi connectivity index (χ3v) is 10.4. The Morgan fingerprint density at radius 3 is 2.27 bits per heavy atom. The molecule has 3 heterocycles. The van der Waals surface area contributed by atoms with Crippen LogP contribution in [0.4, 0.5) is 11.4 Å². The normalized spacial score (nSPS) is 15.4. The van der Waals surface area contributed by atoms with Crippen molar-refractivity contribution in [3.63, 3.8) is 0 Å². The molecule has 1 atom stereocenters. The predicted octanol–water partition coefficient (Wildman–Crippen LogP) is 4.33. The first-order chi connectivity index (χ1) is 28.8. The SMILES string of the molecule is COc1ccc(OC)c(-n2nnc(C(=O)Nc3cc(C(C)(C)C)ccc3OCCOCCOCCOCCN3C(=O)CCC(N4Cc5c(N)cccc5C4=O)C3=O)c2C)c1. The van der Waals surface area contributed by atoms with Crippen LogP contribution >= 0.6 is 0 Å². The maximum absolute atomic E-state index is 13.6. The number of nitrogens with one attached hydrogen (secondary N) is 1. The van der Waals surface area contributed by atoms with Crippen molar-refractivity contribution < 1.29 is 47.6 Å². The number of nitrogen functional groups attached to an aromatic ring is 1. The number of anilines is 2. The van der Waals surface area contributed by atoms with Gasteiger partial charge in [-0.05, 0) is 60.7 Å². The van der Waals surface area contributed by atoms with Crippen molar-refractivity contribution in [3.05, 3.63) is 82.7 Å². The maximum Gasteiger partial charge on any atom is 0.278 e. The molecular formula is C43H53N7O10. The Balaban J connectivity index is 0.909. The van der Waals surface area contributed by atoms with Gasteiger partial charge in [0.25, 0.3) is 17.7 Å². The van der Waals surface area contributed by atoms with Gasteiger partial charge in [-0.1, -0.05) is 38.1 Å². The van der Waals surface area contributed by atoms with Crippen molar-refractivity contribution in [2.75, 3.05) is 78.1 Å². The van der Waals surface area contributed by atoms with Crippen LogP contribution < -0.4 is 25.3 Å². The Kier molecular flexibility index (Phi) is 14.0. The zero-order chi connectivity index (χ0) is 43.0. The maximum atomic E-state index is 13.6. The highest BCUT2D eigenvalue weighted by Gasteiger charge is 2.43. The lowest BCUT2D eigenvalue weighted by Crippen LogP contribution is -2.55. The van der Waals surface area contributed by atoms with Crippen LogP contribution in [0, 0.1) is 6.92 Å². The molecule has 0 saturated carbocycles. The molecule has 17 heteroatoms. The summed E-state index contributed by atoms with van der Waals surface area (Å²) in [7, 11) is 3.12. The number of aromatic nitrogens is 3. The zero-order valence-electron chi connectivity index (χ0n) is 34.9. The molecule has 0 radical (unpaired) electrons. The summed E-state index contributed by atoms with van der Waals surface area (Å²) in [6.07, 6.45) is 0.435. The molecule has 3 N–H and O–H groups in total. The summed E-state index contributed by atoms with van der Waals surface area (Å²) >= 11 is 0. The van der Waals surface area contributed by atoms with E-state index in [1.807, 2.05) is 18.2 Å². The van der Waals surface area contributed by atoms with Gasteiger partial charge in [-0.15, -0.1) is 5.10 Å². The molecule has 2 aliphatic rings. The zero-order valence-corrected chi connectivity index (χ0v) is 34.9. The summed E-state index contributed by atoms with van der Waals surface area (Å²) in [5.74, 6) is 0.212. The quantitative estimate of drug-likeness (QED) is 0.0771. The number of hydrogen-bond donors (Lipinski definition) is 2. The van der Waals surface area contributed by atoms with Crippen molar-refractivity contribution in [2.24, 2.45) is 0 Å². The van der Waals surface area contributed by atoms with Crippen molar-refractivity contribution in [1.29, 1.82) is 0 Å². The number of carbonyl (C=O) groups excluding carboxylic acids is 4. The number of rotatable bonds is 19. The van der Waals surface area contributed by atoms with E-state index in [9.17, 15) is 19.2 Å². The summed E-state index contributed by atoms with van der Waals surface area (Å²) in [6.45, 7) is 10.1. The predicted molar refractivity (Wildman–Crippen MR) is 221 cm³/mol. The molecule has 320 valence electrons. The second-order valence-electron chi connectivity index (χ2n) is 15.3. The number of piperidine rings is 1. The molecule has 4 amide bonds. The second-order valence-corrected chi connectivity index (χ2v) is 15.3. The number of amides is 4. The number of carbonyl (C=O) groups is 4. The van der Waals surface area contributed by atoms with E-state index >= 15 is 0 Å². The Labute approximate surface area is 349 Å². The van der Waals surface area contributed by atoms with E-state index in [-0.39, 0.29) is 81.9 Å². The third-order valence-electron chi connectivity index (χ3n) is 10.4. The molecule has 1 fully saturated rings. The summed E-state index contributed by atoms with van der Waals surface area (Å²) in [4.78, 5) is 55.2. The lowest BCUT2D eigenvalue weighted by molar-refractivity contribution is -0.153. The molecule has 0 aliphatic carbocycles. The Morgan fingerprint density at radius 2 is 1.58 bits per heavy atom. The molecule has 1 aromatic heterocycles. The lowest BCUT2D eigenvalue weighted by Gasteiger charge is -2.35. The minimum absolute atomic E-state index is 0.0832. The van der Waals surface area contributed by atoms with Crippen LogP contribution in [0.25, 0.3) is 5.69 Å². The molecule has 0 bridgehead atoms. The summed E-state index contributed by atoms with van der Waals surface area (Å²) in [5.41, 5.74) is 10.3. The van der Waals surface area contributed by atoms with E-state index in [1.165, 1.54) is 14.5 Å². The van der Waals surface area contributed by atoms with Gasteiger partial charge in [0.2, 0.25) is 5.91 Å². The standard InChI is InChI=1S/C43H53N7O10/c1-27-39(46-47-50(27)35-25-29(55-5)11-14-37(35)56-6)40(52)45-33-24-28(43(2,3)4)10-13-36(33)60-23-22-59-21-20-58-19-18-57-17-16-48-38(51)15-12-34(42(48)54)49-26-31-30(41(49)53)8-7-9-32(31)44/h7-11,13-14,24-25,34H,12,15-23,26,44H2,1-6H3,(H,45,52). The molecular weight excluding hydrogens is 775 g/mol. The second kappa shape index (κ2) is 19.4. The van der Waals surface area contributed by atoms with E-state index in [0.29, 0.717) is 64.3 Å². The van der Waals surface area contributed by atoms with Gasteiger partial charge in [0, 0.05) is 35.8 Å². The number of ether oxygens (including phenoxy) is 6. The third kappa shape index (κ3) is 9.86. The number of benzene rings is 3. The van der Waals surface area contributed by atoms with Gasteiger partial charge in [0.15, 0.2) is 5.69 Å². The molecule has 17 nitrogen and oxygen atoms in total. The number of nitrogens with zero attached hydrogens (tertiary/aromatic N) is 5. The van der Waals surface area contributed by atoms with Gasteiger partial charge in [0.05, 0.1) is 71.8 Å². The molecule has 60 heavy (non-hydrogen) atoms. The van der Waals surface area contributed by atoms with Crippen LogP contribution in [0.2, 0.25) is 0 Å². The number of fused-ring (bicyclic) bond motifs is 1. The molecule has 6 rings (SSSR count). The van der Waals surface area contributed by atoms with Gasteiger partial charge >= 0.3 is 0 Å². The van der Waals surface area contributed by atoms with Gasteiger partial charge < -0.3 is 44.4 Å². The topological polar surface area (TPSA) is 199 Å². The summed E-state index contributed by atoms with van der Waals surface area (Å²) < 4.78 is 35.4. The van der Waals surface area contributed by atoms with Crippen LogP contribution in [0.5, 0.6) is 17.2 Å². The Hall–Kier alpha value is -6.04. The lowest BCUT2D eigenvalue weighted by atomic mass is 9.87. The van der Waals surface area contributed by atoms with E-state index in [1.54, 1.807) is 57.5 Å². The van der Waals surface area contributed by atoms with E-state index < -0.39 is 17.9 Å². The molecule has 4 aromatic rings. The van der Waals surface area contributed by atoms with Crippen LogP contribution in [-0.2, 0) is 35.8 Å². The first kappa shape index (κ1) is 43.5. The number of methoxy groups -OCH3 is 2. The van der Waals surface area contributed by atoms with E-state index in [4.69, 9.17) is 34.2 Å². The van der Waals surface area contributed by atoms with E-state index in [0.717, 1.165) is 5.56 Å². The van der Waals surface area contributed by atoms with Gasteiger partial charge in [-0.2, -0.15) is 0 Å². The minimum atomic E-state index is -0.728.